The highest BCUT2D eigenvalue weighted by Crippen LogP contribution is 2.44. The fraction of sp³-hybridized carbons (Fsp3) is 0.341. The van der Waals surface area contributed by atoms with Gasteiger partial charge in [0.05, 0.1) is 128 Å². The summed E-state index contributed by atoms with van der Waals surface area (Å²) in [5.41, 5.74) is 5.68. The number of aromatic nitrogens is 10. The van der Waals surface area contributed by atoms with Crippen molar-refractivity contribution in [3.8, 4) is 12.1 Å². The van der Waals surface area contributed by atoms with Crippen LogP contribution < -0.4 is 21.3 Å². The third-order valence-electron chi connectivity index (χ3n) is 22.7. The predicted molar refractivity (Wildman–Crippen MR) is 434 cm³/mol. The maximum atomic E-state index is 13.0. The Labute approximate surface area is 659 Å². The normalized spacial score (nSPS) is 16.7. The average Bonchev–Trinajstić information content (AvgIpc) is 1.61. The molecule has 0 aliphatic heterocycles. The van der Waals surface area contributed by atoms with Crippen molar-refractivity contribution in [2.45, 2.75) is 178 Å². The molecule has 4 aliphatic carbocycles. The maximum Gasteiger partial charge on any atom is 0.232 e. The van der Waals surface area contributed by atoms with Gasteiger partial charge in [0.25, 0.3) is 0 Å². The van der Waals surface area contributed by atoms with Gasteiger partial charge in [0.1, 0.15) is 5.60 Å². The van der Waals surface area contributed by atoms with E-state index < -0.39 is 34.2 Å². The van der Waals surface area contributed by atoms with Crippen molar-refractivity contribution in [2.24, 2.45) is 11.8 Å². The second-order valence-corrected chi connectivity index (χ2v) is 30.7. The first-order valence-electron chi connectivity index (χ1n) is 38.5. The minimum atomic E-state index is -1.38. The van der Waals surface area contributed by atoms with Crippen LogP contribution in [0.15, 0.2) is 182 Å². The number of amides is 4. The van der Waals surface area contributed by atoms with Crippen LogP contribution in [0.1, 0.15) is 189 Å². The van der Waals surface area contributed by atoms with E-state index in [0.717, 1.165) is 121 Å². The van der Waals surface area contributed by atoms with Crippen molar-refractivity contribution in [1.82, 2.24) is 48.2 Å². The third-order valence-corrected chi connectivity index (χ3v) is 22.7. The second-order valence-electron chi connectivity index (χ2n) is 30.7. The molecule has 0 unspecified atom stereocenters. The van der Waals surface area contributed by atoms with Crippen LogP contribution in [0.3, 0.4) is 0 Å². The van der Waals surface area contributed by atoms with E-state index in [9.17, 15) is 50.1 Å². The highest BCUT2D eigenvalue weighted by atomic mass is 16.3. The number of rotatable bonds is 20. The number of nitrogens with one attached hydrogen (secondary N) is 4. The summed E-state index contributed by atoms with van der Waals surface area (Å²) in [5, 5.41) is 73.5. The quantitative estimate of drug-likeness (QED) is 0.0329. The van der Waals surface area contributed by atoms with E-state index in [0.29, 0.717) is 68.7 Å². The van der Waals surface area contributed by atoms with E-state index in [4.69, 9.17) is 13.1 Å². The Hall–Kier alpha value is -12.8. The zero-order valence-corrected chi connectivity index (χ0v) is 64.4. The largest absolute Gasteiger partial charge is 0.385 e. The predicted octanol–water partition coefficient (Wildman–Crippen LogP) is 16.1. The molecule has 4 aliphatic rings. The van der Waals surface area contributed by atoms with Crippen molar-refractivity contribution in [3.05, 3.63) is 239 Å². The molecule has 8 N–H and O–H groups in total. The van der Waals surface area contributed by atoms with Crippen molar-refractivity contribution < 1.29 is 39.6 Å². The first-order valence-corrected chi connectivity index (χ1v) is 38.5. The van der Waals surface area contributed by atoms with Crippen molar-refractivity contribution >= 4 is 103 Å². The molecule has 6 aromatic heterocycles. The van der Waals surface area contributed by atoms with Crippen LogP contribution >= 0.6 is 0 Å². The number of carbonyl (C=O) groups is 4. The Bertz CT molecular complexity index is 5360. The molecule has 580 valence electrons. The first kappa shape index (κ1) is 79.3. The summed E-state index contributed by atoms with van der Waals surface area (Å²) in [7, 11) is 0. The van der Waals surface area contributed by atoms with Crippen LogP contribution in [0.2, 0.25) is 0 Å². The third kappa shape index (κ3) is 17.0. The van der Waals surface area contributed by atoms with E-state index in [1.807, 2.05) is 115 Å². The Morgan fingerprint density at radius 3 is 1.14 bits per heavy atom. The highest BCUT2D eigenvalue weighted by molar-refractivity contribution is 5.97. The van der Waals surface area contributed by atoms with Crippen LogP contribution in [-0.2, 0) is 41.6 Å². The summed E-state index contributed by atoms with van der Waals surface area (Å²) in [6.45, 7) is 24.4. The number of fused-ring (bicyclic) bond motifs is 4. The summed E-state index contributed by atoms with van der Waals surface area (Å²) in [5.74, 6) is -0.750. The van der Waals surface area contributed by atoms with Gasteiger partial charge in [-0.3, -0.25) is 50.4 Å². The van der Waals surface area contributed by atoms with Gasteiger partial charge in [0.15, 0.2) is 11.4 Å². The van der Waals surface area contributed by atoms with E-state index in [-0.39, 0.29) is 60.6 Å². The number of aliphatic hydroxyl groups is 4. The topological polar surface area (TPSA) is 351 Å². The van der Waals surface area contributed by atoms with Gasteiger partial charge in [-0.1, -0.05) is 98.8 Å². The van der Waals surface area contributed by atoms with Gasteiger partial charge in [-0.15, -0.1) is 0 Å². The lowest BCUT2D eigenvalue weighted by molar-refractivity contribution is -0.128. The number of hydrogen-bond donors (Lipinski definition) is 8. The molecule has 6 heterocycles. The van der Waals surface area contributed by atoms with Gasteiger partial charge in [-0.2, -0.15) is 10.5 Å². The molecule has 114 heavy (non-hydrogen) atoms. The maximum absolute atomic E-state index is 13.0. The van der Waals surface area contributed by atoms with E-state index >= 15 is 0 Å². The zero-order chi connectivity index (χ0) is 80.6. The summed E-state index contributed by atoms with van der Waals surface area (Å²) in [6, 6.07) is 53.9. The average molecular weight is 1530 g/mol. The van der Waals surface area contributed by atoms with Crippen LogP contribution in [0.4, 0.5) is 35.2 Å². The Morgan fingerprint density at radius 1 is 0.456 bits per heavy atom. The molecule has 12 aromatic rings. The molecule has 6 aromatic carbocycles. The molecule has 6 atom stereocenters. The van der Waals surface area contributed by atoms with Gasteiger partial charge in [0, 0.05) is 48.3 Å². The molecule has 26 heteroatoms. The Morgan fingerprint density at radius 2 is 0.807 bits per heavy atom. The SMILES string of the molecule is C[C@H](C(=O)Nc1nc2ccc(C#N)cc2n1C1CCC1)[C@@](C)(O)c1ccccc1.C[C@H](C(=O)Nc1nc2ccc(C#N)cc2n1C1CCC1)[C@](C)(O)c1ccccc1.[C-]#[N+]c1ccc2nc(NC(=O)C[C@](C)(O)c3ccccn3)n(C3CCC3)c2c1.[C-]#[N+]c1ccc2nc(NC(=O)C[C@](C)(O)c3cccnc3)n(C3CCC3)c2c1. The van der Waals surface area contributed by atoms with Crippen molar-refractivity contribution in [3.63, 3.8) is 0 Å². The fourth-order valence-corrected chi connectivity index (χ4v) is 14.6. The van der Waals surface area contributed by atoms with Gasteiger partial charge in [-0.25, -0.2) is 29.6 Å². The lowest BCUT2D eigenvalue weighted by atomic mass is 9.83. The Balaban J connectivity index is 0.000000133. The summed E-state index contributed by atoms with van der Waals surface area (Å²) >= 11 is 0. The molecule has 26 nitrogen and oxygen atoms in total. The molecule has 4 saturated carbocycles. The minimum Gasteiger partial charge on any atom is -0.385 e. The molecular formula is C88H90N18O8. The fourth-order valence-electron chi connectivity index (χ4n) is 14.6. The van der Waals surface area contributed by atoms with Crippen LogP contribution in [-0.4, -0.2) is 92.2 Å². The molecule has 16 rings (SSSR count). The standard InChI is InChI=1S/2C23H24N4O2.2C21H21N5O2/c2*1-15(23(2,29)17-7-4-3-5-8-17)21(28)26-22-25-19-12-11-16(14-24)13-20(19)27(22)18-9-6-10-18;1-21(28,14-5-4-10-23-13-14)12-19(27)25-20-24-17-9-8-15(22-2)11-18(17)26(20)16-6-3-7-16;1-21(28,18-8-3-4-11-23-18)13-19(27)25-20-24-16-10-9-14(22-2)12-17(16)26(20)15-6-5-7-15/h2*3-5,7-8,11-13,15,18,29H,6,9-10H2,1-2H3,(H,25,26,28);4-5,8-11,13,16,28H,3,6-7,12H2,1H3,(H,24,25,27);3-4,8-12,15,28H,5-7,13H2,1H3,(H,24,25,27)/t15-,23+;15-,23-;2*21-/m1100/s1. The molecule has 0 saturated heterocycles. The highest BCUT2D eigenvalue weighted by Gasteiger charge is 2.40. The van der Waals surface area contributed by atoms with Crippen molar-refractivity contribution in [2.75, 3.05) is 21.3 Å². The monoisotopic (exact) mass is 1530 g/mol. The van der Waals surface area contributed by atoms with Gasteiger partial charge in [0.2, 0.25) is 47.4 Å². The van der Waals surface area contributed by atoms with E-state index in [1.54, 1.807) is 127 Å². The number of anilines is 4. The molecule has 4 amide bonds. The van der Waals surface area contributed by atoms with Gasteiger partial charge in [-0.05, 0) is 195 Å². The number of carbonyl (C=O) groups excluding carboxylic acids is 4. The molecule has 0 radical (unpaired) electrons. The van der Waals surface area contributed by atoms with Crippen LogP contribution in [0, 0.1) is 47.6 Å². The van der Waals surface area contributed by atoms with E-state index in [2.05, 4.69) is 73.0 Å². The summed E-state index contributed by atoms with van der Waals surface area (Å²) < 4.78 is 8.09. The summed E-state index contributed by atoms with van der Waals surface area (Å²) in [6.07, 6.45) is 17.2. The van der Waals surface area contributed by atoms with Crippen LogP contribution in [0.5, 0.6) is 0 Å². The molecular weight excluding hydrogens is 1440 g/mol. The van der Waals surface area contributed by atoms with Crippen LogP contribution in [0.25, 0.3) is 53.8 Å². The minimum absolute atomic E-state index is 0.111. The van der Waals surface area contributed by atoms with Crippen molar-refractivity contribution in [1.29, 1.82) is 10.5 Å². The number of imidazole rings is 4. The van der Waals surface area contributed by atoms with Gasteiger partial charge >= 0.3 is 0 Å². The molecule has 0 spiro atoms. The lowest BCUT2D eigenvalue weighted by Crippen LogP contribution is -2.39. The number of hydrogen-bond acceptors (Lipinski definition) is 16. The lowest BCUT2D eigenvalue weighted by Gasteiger charge is -2.31. The zero-order valence-electron chi connectivity index (χ0n) is 64.4. The number of pyridine rings is 2. The summed E-state index contributed by atoms with van der Waals surface area (Å²) in [4.78, 5) is 85.0. The molecule has 0 bridgehead atoms. The van der Waals surface area contributed by atoms with Gasteiger partial charge < -0.3 is 38.7 Å². The second kappa shape index (κ2) is 33.6. The van der Waals surface area contributed by atoms with E-state index in [1.165, 1.54) is 0 Å². The number of nitrogens with zero attached hydrogens (tertiary/aromatic N) is 14. The number of benzene rings is 6. The smallest absolute Gasteiger partial charge is 0.232 e. The Kier molecular flexibility index (Phi) is 23.4. The number of nitriles is 2. The first-order chi connectivity index (χ1) is 54.8. The molecule has 4 fully saturated rings.